The van der Waals surface area contributed by atoms with Crippen LogP contribution in [0.2, 0.25) is 0 Å². The third kappa shape index (κ3) is 4.80. The van der Waals surface area contributed by atoms with Crippen molar-refractivity contribution < 1.29 is 22.5 Å². The molecule has 0 bridgehead atoms. The first-order valence-corrected chi connectivity index (χ1v) is 12.8. The molecule has 1 aliphatic heterocycles. The van der Waals surface area contributed by atoms with E-state index in [-0.39, 0.29) is 17.3 Å². The fourth-order valence-electron chi connectivity index (χ4n) is 3.90. The number of hydrogen-bond donors (Lipinski definition) is 1. The number of thiophene rings is 1. The number of nitrogens with one attached hydrogen (secondary N) is 1. The molecular weight excluding hydrogens is 464 g/mol. The van der Waals surface area contributed by atoms with E-state index in [4.69, 9.17) is 9.26 Å². The summed E-state index contributed by atoms with van der Waals surface area (Å²) in [5, 5.41) is 6.80. The Kier molecular flexibility index (Phi) is 6.55. The molecule has 176 valence electrons. The van der Waals surface area contributed by atoms with E-state index in [0.29, 0.717) is 52.3 Å². The highest BCUT2D eigenvalue weighted by atomic mass is 32.2. The van der Waals surface area contributed by atoms with Crippen LogP contribution in [0.3, 0.4) is 0 Å². The molecule has 3 aromatic rings. The second-order valence-electron chi connectivity index (χ2n) is 8.06. The van der Waals surface area contributed by atoms with Crippen molar-refractivity contribution in [1.29, 1.82) is 0 Å². The van der Waals surface area contributed by atoms with Gasteiger partial charge in [0, 0.05) is 24.9 Å². The zero-order valence-corrected chi connectivity index (χ0v) is 20.5. The molecule has 3 heterocycles. The molecule has 1 saturated heterocycles. The van der Waals surface area contributed by atoms with Gasteiger partial charge in [0.1, 0.15) is 5.75 Å². The van der Waals surface area contributed by atoms with Crippen LogP contribution in [0.4, 0.5) is 5.69 Å². The average Bonchev–Trinajstić information content (AvgIpc) is 3.40. The van der Waals surface area contributed by atoms with Gasteiger partial charge in [-0.3, -0.25) is 4.79 Å². The van der Waals surface area contributed by atoms with E-state index in [1.54, 1.807) is 33.1 Å². The molecule has 0 aliphatic carbocycles. The molecule has 1 N–H and O–H groups in total. The summed E-state index contributed by atoms with van der Waals surface area (Å²) in [6, 6.07) is 7.12. The van der Waals surface area contributed by atoms with Crippen molar-refractivity contribution in [2.45, 2.75) is 38.5 Å². The average molecular weight is 491 g/mol. The predicted molar refractivity (Wildman–Crippen MR) is 125 cm³/mol. The van der Waals surface area contributed by atoms with Gasteiger partial charge in [-0.05, 0) is 50.5 Å². The van der Waals surface area contributed by atoms with Gasteiger partial charge in [0.05, 0.1) is 28.5 Å². The van der Waals surface area contributed by atoms with E-state index in [2.05, 4.69) is 15.5 Å². The molecule has 1 fully saturated rings. The first kappa shape index (κ1) is 23.4. The summed E-state index contributed by atoms with van der Waals surface area (Å²) in [6.07, 6.45) is 1.21. The third-order valence-electron chi connectivity index (χ3n) is 5.61. The quantitative estimate of drug-likeness (QED) is 0.559. The first-order chi connectivity index (χ1) is 15.7. The Bertz CT molecular complexity index is 1280. The molecule has 2 aromatic heterocycles. The number of ether oxygens (including phenoxy) is 1. The number of anilines is 1. The Balaban J connectivity index is 1.53. The normalized spacial score (nSPS) is 17.2. The highest BCUT2D eigenvalue weighted by Gasteiger charge is 2.35. The molecule has 0 saturated carbocycles. The third-order valence-corrected chi connectivity index (χ3v) is 8.77. The van der Waals surface area contributed by atoms with Gasteiger partial charge < -0.3 is 14.6 Å². The molecule has 1 aromatic carbocycles. The first-order valence-electron chi connectivity index (χ1n) is 10.6. The lowest BCUT2D eigenvalue weighted by Gasteiger charge is -2.31. The van der Waals surface area contributed by atoms with Crippen molar-refractivity contribution in [3.8, 4) is 16.5 Å². The lowest BCUT2D eigenvalue weighted by atomic mass is 9.98. The second-order valence-corrected chi connectivity index (χ2v) is 11.2. The number of carbonyl (C=O) groups is 1. The van der Waals surface area contributed by atoms with Crippen LogP contribution in [0.5, 0.6) is 5.75 Å². The maximum atomic E-state index is 13.4. The number of benzene rings is 1. The molecule has 1 atom stereocenters. The summed E-state index contributed by atoms with van der Waals surface area (Å²) >= 11 is 1.30. The Morgan fingerprint density at radius 3 is 2.76 bits per heavy atom. The number of nitrogens with zero attached hydrogens (tertiary/aromatic N) is 3. The van der Waals surface area contributed by atoms with E-state index >= 15 is 0 Å². The Morgan fingerprint density at radius 1 is 1.27 bits per heavy atom. The molecule has 0 radical (unpaired) electrons. The monoisotopic (exact) mass is 490 g/mol. The van der Waals surface area contributed by atoms with E-state index in [1.165, 1.54) is 15.6 Å². The van der Waals surface area contributed by atoms with Crippen molar-refractivity contribution in [2.24, 2.45) is 5.92 Å². The molecule has 1 amide bonds. The van der Waals surface area contributed by atoms with Crippen LogP contribution in [0.1, 0.15) is 29.2 Å². The van der Waals surface area contributed by atoms with Crippen molar-refractivity contribution in [3.63, 3.8) is 0 Å². The predicted octanol–water partition coefficient (Wildman–Crippen LogP) is 3.77. The highest BCUT2D eigenvalue weighted by Crippen LogP contribution is 2.35. The number of rotatable bonds is 6. The number of aryl methyl sites for hydroxylation is 3. The summed E-state index contributed by atoms with van der Waals surface area (Å²) in [5.74, 6) is 0.661. The Morgan fingerprint density at radius 2 is 2.06 bits per heavy atom. The van der Waals surface area contributed by atoms with Gasteiger partial charge in [-0.2, -0.15) is 9.29 Å². The molecule has 9 nitrogen and oxygen atoms in total. The van der Waals surface area contributed by atoms with Gasteiger partial charge in [0.2, 0.25) is 27.6 Å². The summed E-state index contributed by atoms with van der Waals surface area (Å²) in [7, 11) is -2.23. The zero-order valence-electron chi connectivity index (χ0n) is 18.9. The van der Waals surface area contributed by atoms with E-state index in [9.17, 15) is 13.2 Å². The minimum absolute atomic E-state index is 0.119. The van der Waals surface area contributed by atoms with Gasteiger partial charge in [-0.25, -0.2) is 8.42 Å². The van der Waals surface area contributed by atoms with Crippen LogP contribution >= 0.6 is 11.3 Å². The van der Waals surface area contributed by atoms with Gasteiger partial charge in [0.25, 0.3) is 0 Å². The molecule has 11 heteroatoms. The van der Waals surface area contributed by atoms with E-state index in [0.717, 1.165) is 5.56 Å². The molecule has 33 heavy (non-hydrogen) atoms. The van der Waals surface area contributed by atoms with Gasteiger partial charge >= 0.3 is 0 Å². The summed E-state index contributed by atoms with van der Waals surface area (Å²) in [4.78, 5) is 18.7. The number of hydrogen-bond acceptors (Lipinski definition) is 8. The standard InChI is InChI=1S/C22H26N4O5S2/c1-13-7-8-18(30-4)17(10-13)24-22(27)16-6-5-9-26(12-16)33(28,29)20-11-19(32-14(20)2)21-23-15(3)31-25-21/h7-8,10-11,16H,5-6,9,12H2,1-4H3,(H,24,27). The molecule has 0 spiro atoms. The van der Waals surface area contributed by atoms with Gasteiger partial charge in [-0.15, -0.1) is 11.3 Å². The zero-order chi connectivity index (χ0) is 23.8. The Labute approximate surface area is 196 Å². The molecular formula is C22H26N4O5S2. The van der Waals surface area contributed by atoms with E-state index < -0.39 is 15.9 Å². The van der Waals surface area contributed by atoms with Crippen LogP contribution in [0.25, 0.3) is 10.7 Å². The lowest BCUT2D eigenvalue weighted by Crippen LogP contribution is -2.43. The maximum absolute atomic E-state index is 13.4. The van der Waals surface area contributed by atoms with E-state index in [1.807, 2.05) is 19.1 Å². The van der Waals surface area contributed by atoms with Crippen LogP contribution < -0.4 is 10.1 Å². The summed E-state index contributed by atoms with van der Waals surface area (Å²) in [5.41, 5.74) is 1.57. The van der Waals surface area contributed by atoms with Crippen LogP contribution in [-0.4, -0.2) is 49.0 Å². The molecule has 1 unspecified atom stereocenters. The van der Waals surface area contributed by atoms with Crippen molar-refractivity contribution in [3.05, 3.63) is 40.6 Å². The number of amides is 1. The fourth-order valence-corrected chi connectivity index (χ4v) is 6.91. The van der Waals surface area contributed by atoms with Gasteiger partial charge in [-0.1, -0.05) is 11.2 Å². The van der Waals surface area contributed by atoms with Crippen molar-refractivity contribution in [1.82, 2.24) is 14.4 Å². The highest BCUT2D eigenvalue weighted by molar-refractivity contribution is 7.89. The lowest BCUT2D eigenvalue weighted by molar-refractivity contribution is -0.120. The minimum Gasteiger partial charge on any atom is -0.495 e. The maximum Gasteiger partial charge on any atom is 0.244 e. The van der Waals surface area contributed by atoms with Gasteiger partial charge in [0.15, 0.2) is 0 Å². The fraction of sp³-hybridized carbons (Fsp3) is 0.409. The minimum atomic E-state index is -3.78. The summed E-state index contributed by atoms with van der Waals surface area (Å²) < 4.78 is 38.6. The molecule has 1 aliphatic rings. The largest absolute Gasteiger partial charge is 0.495 e. The number of methoxy groups -OCH3 is 1. The number of aromatic nitrogens is 2. The number of sulfonamides is 1. The Hall–Kier alpha value is -2.76. The second kappa shape index (κ2) is 9.24. The van der Waals surface area contributed by atoms with Crippen LogP contribution in [0, 0.1) is 26.7 Å². The number of carbonyl (C=O) groups excluding carboxylic acids is 1. The summed E-state index contributed by atoms with van der Waals surface area (Å²) in [6.45, 7) is 5.85. The topological polar surface area (TPSA) is 115 Å². The van der Waals surface area contributed by atoms with Crippen LogP contribution in [-0.2, 0) is 14.8 Å². The smallest absolute Gasteiger partial charge is 0.244 e. The van der Waals surface area contributed by atoms with Crippen LogP contribution in [0.15, 0.2) is 33.7 Å². The van der Waals surface area contributed by atoms with Crippen molar-refractivity contribution >= 4 is 33.0 Å². The molecule has 4 rings (SSSR count). The SMILES string of the molecule is COc1ccc(C)cc1NC(=O)C1CCCN(S(=O)(=O)c2cc(-c3noc(C)n3)sc2C)C1. The van der Waals surface area contributed by atoms with Crippen molar-refractivity contribution in [2.75, 3.05) is 25.5 Å². The number of piperidine rings is 1.